The van der Waals surface area contributed by atoms with Gasteiger partial charge in [0.25, 0.3) is 5.91 Å². The van der Waals surface area contributed by atoms with Crippen molar-refractivity contribution >= 4 is 28.9 Å². The van der Waals surface area contributed by atoms with Crippen LogP contribution in [0, 0.1) is 25.5 Å². The fourth-order valence-corrected chi connectivity index (χ4v) is 2.63. The summed E-state index contributed by atoms with van der Waals surface area (Å²) >= 11 is 1.15. The number of aromatic nitrogens is 1. The van der Waals surface area contributed by atoms with Crippen molar-refractivity contribution < 1.29 is 23.1 Å². The molecule has 0 radical (unpaired) electrons. The summed E-state index contributed by atoms with van der Waals surface area (Å²) in [6.45, 7) is 4.71. The number of amides is 1. The Morgan fingerprint density at radius 2 is 1.87 bits per heavy atom. The Balaban J connectivity index is 2.06. The fraction of sp³-hybridized carbons (Fsp3) is 0.267. The lowest BCUT2D eigenvalue weighted by Crippen LogP contribution is -2.30. The minimum Gasteiger partial charge on any atom is -0.448 e. The predicted octanol–water partition coefficient (Wildman–Crippen LogP) is 3.22. The zero-order valence-corrected chi connectivity index (χ0v) is 13.5. The molecule has 0 aliphatic carbocycles. The molecule has 0 aliphatic rings. The number of hydrogen-bond donors (Lipinski definition) is 1. The molecule has 1 amide bonds. The summed E-state index contributed by atoms with van der Waals surface area (Å²) in [5.74, 6) is -3.36. The van der Waals surface area contributed by atoms with Gasteiger partial charge in [-0.05, 0) is 32.9 Å². The molecule has 1 atom stereocenters. The number of carbonyl (C=O) groups excluding carboxylic acids is 2. The average Bonchev–Trinajstić information content (AvgIpc) is 2.81. The number of para-hydroxylation sites is 1. The molecule has 0 saturated carbocycles. The van der Waals surface area contributed by atoms with E-state index in [9.17, 15) is 18.4 Å². The molecular formula is C15H14F2N2O3S. The van der Waals surface area contributed by atoms with E-state index < -0.39 is 35.3 Å². The molecule has 0 fully saturated rings. The lowest BCUT2D eigenvalue weighted by atomic mass is 10.2. The second kappa shape index (κ2) is 6.82. The maximum atomic E-state index is 13.5. The van der Waals surface area contributed by atoms with Crippen LogP contribution in [0.3, 0.4) is 0 Å². The van der Waals surface area contributed by atoms with Crippen LogP contribution in [0.2, 0.25) is 0 Å². The van der Waals surface area contributed by atoms with Crippen LogP contribution < -0.4 is 5.32 Å². The Labute approximate surface area is 135 Å². The van der Waals surface area contributed by atoms with Gasteiger partial charge in [0.1, 0.15) is 22.2 Å². The molecular weight excluding hydrogens is 326 g/mol. The molecule has 8 heteroatoms. The summed E-state index contributed by atoms with van der Waals surface area (Å²) in [6, 6.07) is 3.20. The van der Waals surface area contributed by atoms with E-state index in [2.05, 4.69) is 10.3 Å². The highest BCUT2D eigenvalue weighted by molar-refractivity contribution is 7.13. The number of thiazole rings is 1. The van der Waals surface area contributed by atoms with Gasteiger partial charge in [-0.25, -0.2) is 18.6 Å². The largest absolute Gasteiger partial charge is 0.448 e. The molecule has 0 aliphatic heterocycles. The van der Waals surface area contributed by atoms with Crippen molar-refractivity contribution in [1.29, 1.82) is 0 Å². The number of halogens is 2. The maximum Gasteiger partial charge on any atom is 0.351 e. The first kappa shape index (κ1) is 17.0. The van der Waals surface area contributed by atoms with Gasteiger partial charge in [-0.3, -0.25) is 4.79 Å². The van der Waals surface area contributed by atoms with E-state index in [0.717, 1.165) is 23.5 Å². The predicted molar refractivity (Wildman–Crippen MR) is 81.5 cm³/mol. The van der Waals surface area contributed by atoms with Crippen LogP contribution in [-0.4, -0.2) is 23.0 Å². The molecule has 0 saturated heterocycles. The van der Waals surface area contributed by atoms with E-state index in [0.29, 0.717) is 15.6 Å². The Morgan fingerprint density at radius 1 is 1.26 bits per heavy atom. The lowest BCUT2D eigenvalue weighted by Gasteiger charge is -2.14. The molecule has 122 valence electrons. The minimum atomic E-state index is -1.22. The number of anilines is 1. The number of rotatable bonds is 4. The highest BCUT2D eigenvalue weighted by Gasteiger charge is 2.23. The Hall–Kier alpha value is -2.35. The van der Waals surface area contributed by atoms with Crippen molar-refractivity contribution in [3.63, 3.8) is 0 Å². The van der Waals surface area contributed by atoms with E-state index in [4.69, 9.17) is 4.74 Å². The number of carbonyl (C=O) groups is 2. The van der Waals surface area contributed by atoms with Crippen molar-refractivity contribution in [3.05, 3.63) is 45.4 Å². The van der Waals surface area contributed by atoms with E-state index in [-0.39, 0.29) is 0 Å². The summed E-state index contributed by atoms with van der Waals surface area (Å²) < 4.78 is 32.0. The molecule has 2 aromatic rings. The summed E-state index contributed by atoms with van der Waals surface area (Å²) in [4.78, 5) is 28.3. The summed E-state index contributed by atoms with van der Waals surface area (Å²) in [6.07, 6.45) is -1.22. The second-order valence-electron chi connectivity index (χ2n) is 4.78. The van der Waals surface area contributed by atoms with Gasteiger partial charge in [-0.1, -0.05) is 6.07 Å². The molecule has 23 heavy (non-hydrogen) atoms. The molecule has 0 bridgehead atoms. The number of benzene rings is 1. The van der Waals surface area contributed by atoms with E-state index >= 15 is 0 Å². The van der Waals surface area contributed by atoms with Crippen molar-refractivity contribution in [3.8, 4) is 0 Å². The SMILES string of the molecule is Cc1nc(C)c(C(=O)O[C@@H](C)C(=O)Nc2c(F)cccc2F)s1. The van der Waals surface area contributed by atoms with Gasteiger partial charge in [0, 0.05) is 0 Å². The normalized spacial score (nSPS) is 11.9. The third-order valence-electron chi connectivity index (χ3n) is 2.95. The van der Waals surface area contributed by atoms with Gasteiger partial charge >= 0.3 is 5.97 Å². The van der Waals surface area contributed by atoms with Crippen molar-refractivity contribution in [2.75, 3.05) is 5.32 Å². The Bertz CT molecular complexity index is 741. The topological polar surface area (TPSA) is 68.3 Å². The summed E-state index contributed by atoms with van der Waals surface area (Å²) in [5, 5.41) is 2.77. The van der Waals surface area contributed by atoms with Crippen LogP contribution in [0.25, 0.3) is 0 Å². The van der Waals surface area contributed by atoms with Crippen molar-refractivity contribution in [2.24, 2.45) is 0 Å². The first-order valence-corrected chi connectivity index (χ1v) is 7.51. The first-order valence-electron chi connectivity index (χ1n) is 6.69. The van der Waals surface area contributed by atoms with Gasteiger partial charge in [0.15, 0.2) is 6.10 Å². The van der Waals surface area contributed by atoms with Gasteiger partial charge in [0.2, 0.25) is 0 Å². The third-order valence-corrected chi connectivity index (χ3v) is 4.01. The molecule has 2 rings (SSSR count). The molecule has 0 spiro atoms. The van der Waals surface area contributed by atoms with Crippen LogP contribution in [0.5, 0.6) is 0 Å². The van der Waals surface area contributed by atoms with Crippen molar-refractivity contribution in [2.45, 2.75) is 26.9 Å². The quantitative estimate of drug-likeness (QED) is 0.868. The highest BCUT2D eigenvalue weighted by atomic mass is 32.1. The van der Waals surface area contributed by atoms with Crippen LogP contribution in [-0.2, 0) is 9.53 Å². The summed E-state index contributed by atoms with van der Waals surface area (Å²) in [5.41, 5.74) is -0.0736. The molecule has 1 N–H and O–H groups in total. The summed E-state index contributed by atoms with van der Waals surface area (Å²) in [7, 11) is 0. The number of aryl methyl sites for hydroxylation is 2. The number of nitrogens with one attached hydrogen (secondary N) is 1. The van der Waals surface area contributed by atoms with Crippen LogP contribution in [0.4, 0.5) is 14.5 Å². The maximum absolute atomic E-state index is 13.5. The number of nitrogens with zero attached hydrogens (tertiary/aromatic N) is 1. The monoisotopic (exact) mass is 340 g/mol. The van der Waals surface area contributed by atoms with Crippen molar-refractivity contribution in [1.82, 2.24) is 4.98 Å². The lowest BCUT2D eigenvalue weighted by molar-refractivity contribution is -0.123. The molecule has 5 nitrogen and oxygen atoms in total. The van der Waals surface area contributed by atoms with Gasteiger partial charge in [-0.15, -0.1) is 11.3 Å². The third kappa shape index (κ3) is 3.89. The second-order valence-corrected chi connectivity index (χ2v) is 5.98. The van der Waals surface area contributed by atoms with Crippen LogP contribution >= 0.6 is 11.3 Å². The van der Waals surface area contributed by atoms with E-state index in [1.165, 1.54) is 13.0 Å². The highest BCUT2D eigenvalue weighted by Crippen LogP contribution is 2.20. The van der Waals surface area contributed by atoms with Gasteiger partial charge in [0.05, 0.1) is 10.7 Å². The standard InChI is InChI=1S/C15H14F2N2O3S/c1-7-13(23-9(3)18-7)15(21)22-8(2)14(20)19-12-10(16)5-4-6-11(12)17/h4-6,8H,1-3H3,(H,19,20)/t8-/m0/s1. The molecule has 1 aromatic carbocycles. The fourth-order valence-electron chi connectivity index (χ4n) is 1.83. The van der Waals surface area contributed by atoms with Gasteiger partial charge in [-0.2, -0.15) is 0 Å². The van der Waals surface area contributed by atoms with Crippen LogP contribution in [0.1, 0.15) is 27.3 Å². The smallest absolute Gasteiger partial charge is 0.351 e. The van der Waals surface area contributed by atoms with E-state index in [1.54, 1.807) is 13.8 Å². The van der Waals surface area contributed by atoms with E-state index in [1.807, 2.05) is 0 Å². The molecule has 1 aromatic heterocycles. The number of esters is 1. The molecule has 1 heterocycles. The van der Waals surface area contributed by atoms with Gasteiger partial charge < -0.3 is 10.1 Å². The Morgan fingerprint density at radius 3 is 2.39 bits per heavy atom. The number of ether oxygens (including phenoxy) is 1. The molecule has 0 unspecified atom stereocenters. The first-order chi connectivity index (χ1) is 10.8. The zero-order chi connectivity index (χ0) is 17.1. The Kier molecular flexibility index (Phi) is 5.05. The zero-order valence-electron chi connectivity index (χ0n) is 12.6. The average molecular weight is 340 g/mol. The van der Waals surface area contributed by atoms with Crippen LogP contribution in [0.15, 0.2) is 18.2 Å². The number of hydrogen-bond acceptors (Lipinski definition) is 5. The minimum absolute atomic E-state index is 0.291.